The quantitative estimate of drug-likeness (QED) is 0.691. The molecule has 0 N–H and O–H groups in total. The van der Waals surface area contributed by atoms with Gasteiger partial charge in [-0.25, -0.2) is 0 Å². The normalized spacial score (nSPS) is 24.6. The Labute approximate surface area is 112 Å². The highest BCUT2D eigenvalue weighted by molar-refractivity contribution is 6.36. The summed E-state index contributed by atoms with van der Waals surface area (Å²) in [6.07, 6.45) is 4.35. The van der Waals surface area contributed by atoms with Crippen LogP contribution in [0.25, 0.3) is 0 Å². The van der Waals surface area contributed by atoms with Crippen LogP contribution in [0.2, 0.25) is 10.0 Å². The van der Waals surface area contributed by atoms with Gasteiger partial charge in [0.2, 0.25) is 0 Å². The number of halogens is 2. The van der Waals surface area contributed by atoms with Gasteiger partial charge in [0, 0.05) is 16.5 Å². The van der Waals surface area contributed by atoms with Crippen LogP contribution in [-0.4, -0.2) is 5.78 Å². The third kappa shape index (κ3) is 3.02. The number of Topliss-reactive ketones (excluding diaryl/α,β-unsaturated/α-hetero) is 1. The van der Waals surface area contributed by atoms with Gasteiger partial charge in [-0.15, -0.1) is 0 Å². The average Bonchev–Trinajstić information content (AvgIpc) is 2.28. The first-order valence-corrected chi connectivity index (χ1v) is 6.83. The highest BCUT2D eigenvalue weighted by Gasteiger charge is 2.26. The Kier molecular flexibility index (Phi) is 4.11. The Morgan fingerprint density at radius 3 is 2.71 bits per heavy atom. The monoisotopic (exact) mass is 270 g/mol. The number of carbonyl (C=O) groups excluding carboxylic acids is 1. The minimum absolute atomic E-state index is 0.137. The zero-order valence-electron chi connectivity index (χ0n) is 9.88. The molecule has 0 radical (unpaired) electrons. The predicted molar refractivity (Wildman–Crippen MR) is 71.9 cm³/mol. The topological polar surface area (TPSA) is 17.1 Å². The first kappa shape index (κ1) is 12.9. The van der Waals surface area contributed by atoms with Crippen molar-refractivity contribution in [1.82, 2.24) is 0 Å². The van der Waals surface area contributed by atoms with E-state index < -0.39 is 0 Å². The Morgan fingerprint density at radius 1 is 1.29 bits per heavy atom. The Hall–Kier alpha value is -0.530. The van der Waals surface area contributed by atoms with Gasteiger partial charge in [-0.3, -0.25) is 4.79 Å². The summed E-state index contributed by atoms with van der Waals surface area (Å²) in [5, 5.41) is 1.05. The van der Waals surface area contributed by atoms with Gasteiger partial charge < -0.3 is 0 Å². The van der Waals surface area contributed by atoms with Crippen molar-refractivity contribution in [2.45, 2.75) is 32.6 Å². The highest BCUT2D eigenvalue weighted by Crippen LogP contribution is 2.33. The van der Waals surface area contributed by atoms with Crippen molar-refractivity contribution in [3.05, 3.63) is 33.8 Å². The molecular weight excluding hydrogens is 255 g/mol. The third-order valence-corrected chi connectivity index (χ3v) is 4.05. The molecule has 0 saturated heterocycles. The van der Waals surface area contributed by atoms with Crippen LogP contribution in [0.1, 0.15) is 43.0 Å². The fourth-order valence-electron chi connectivity index (χ4n) is 2.58. The fourth-order valence-corrected chi connectivity index (χ4v) is 3.08. The number of carbonyl (C=O) groups is 1. The highest BCUT2D eigenvalue weighted by atomic mass is 35.5. The number of hydrogen-bond donors (Lipinski definition) is 0. The van der Waals surface area contributed by atoms with Crippen LogP contribution >= 0.6 is 23.2 Å². The predicted octanol–water partition coefficient (Wildman–Crippen LogP) is 5.00. The maximum atomic E-state index is 12.3. The van der Waals surface area contributed by atoms with Crippen molar-refractivity contribution < 1.29 is 4.79 Å². The van der Waals surface area contributed by atoms with Crippen molar-refractivity contribution in [2.24, 2.45) is 11.8 Å². The van der Waals surface area contributed by atoms with Crippen LogP contribution in [-0.2, 0) is 0 Å². The first-order chi connectivity index (χ1) is 8.08. The Balaban J connectivity index is 2.18. The summed E-state index contributed by atoms with van der Waals surface area (Å²) < 4.78 is 0. The van der Waals surface area contributed by atoms with Gasteiger partial charge in [0.05, 0.1) is 5.02 Å². The van der Waals surface area contributed by atoms with Gasteiger partial charge in [0.1, 0.15) is 0 Å². The van der Waals surface area contributed by atoms with Crippen LogP contribution in [0, 0.1) is 11.8 Å². The number of hydrogen-bond acceptors (Lipinski definition) is 1. The molecule has 2 atom stereocenters. The molecule has 3 heteroatoms. The van der Waals surface area contributed by atoms with E-state index in [-0.39, 0.29) is 11.7 Å². The van der Waals surface area contributed by atoms with E-state index in [0.717, 1.165) is 19.3 Å². The molecule has 1 nitrogen and oxygen atoms in total. The smallest absolute Gasteiger partial charge is 0.167 e. The van der Waals surface area contributed by atoms with E-state index in [4.69, 9.17) is 23.2 Å². The molecule has 0 bridgehead atoms. The first-order valence-electron chi connectivity index (χ1n) is 6.07. The number of ketones is 1. The van der Waals surface area contributed by atoms with Crippen LogP contribution in [0.5, 0.6) is 0 Å². The summed E-state index contributed by atoms with van der Waals surface area (Å²) >= 11 is 11.9. The number of benzene rings is 1. The lowest BCUT2D eigenvalue weighted by atomic mass is 9.79. The second kappa shape index (κ2) is 5.41. The molecule has 2 unspecified atom stereocenters. The maximum absolute atomic E-state index is 12.3. The molecule has 0 heterocycles. The lowest BCUT2D eigenvalue weighted by Gasteiger charge is -2.25. The minimum Gasteiger partial charge on any atom is -0.294 e. The Bertz CT molecular complexity index is 428. The largest absolute Gasteiger partial charge is 0.294 e. The second-order valence-electron chi connectivity index (χ2n) is 4.96. The van der Waals surface area contributed by atoms with E-state index in [1.54, 1.807) is 18.2 Å². The van der Waals surface area contributed by atoms with Crippen LogP contribution < -0.4 is 0 Å². The molecule has 17 heavy (non-hydrogen) atoms. The summed E-state index contributed by atoms with van der Waals surface area (Å²) in [5.74, 6) is 0.958. The van der Waals surface area contributed by atoms with E-state index in [9.17, 15) is 4.79 Å². The van der Waals surface area contributed by atoms with E-state index >= 15 is 0 Å². The van der Waals surface area contributed by atoms with Crippen LogP contribution in [0.4, 0.5) is 0 Å². The summed E-state index contributed by atoms with van der Waals surface area (Å²) in [7, 11) is 0. The fraction of sp³-hybridized carbons (Fsp3) is 0.500. The van der Waals surface area contributed by atoms with Gasteiger partial charge in [0.25, 0.3) is 0 Å². The Morgan fingerprint density at radius 2 is 2.06 bits per heavy atom. The molecular formula is C14H16Cl2O. The SMILES string of the molecule is CC1CCCC(C(=O)c2ccc(Cl)cc2Cl)C1. The molecule has 0 aromatic heterocycles. The molecule has 1 fully saturated rings. The standard InChI is InChI=1S/C14H16Cl2O/c1-9-3-2-4-10(7-9)14(17)12-6-5-11(15)8-13(12)16/h5-6,8-10H,2-4,7H2,1H3. The van der Waals surface area contributed by atoms with E-state index in [2.05, 4.69) is 6.92 Å². The molecule has 1 aliphatic carbocycles. The van der Waals surface area contributed by atoms with Gasteiger partial charge in [-0.2, -0.15) is 0 Å². The molecule has 1 aliphatic rings. The van der Waals surface area contributed by atoms with Crippen LogP contribution in [0.3, 0.4) is 0 Å². The van der Waals surface area contributed by atoms with Crippen molar-refractivity contribution in [2.75, 3.05) is 0 Å². The molecule has 92 valence electrons. The van der Waals surface area contributed by atoms with Gasteiger partial charge in [-0.05, 0) is 37.0 Å². The zero-order valence-corrected chi connectivity index (χ0v) is 11.4. The number of rotatable bonds is 2. The van der Waals surface area contributed by atoms with E-state index in [1.165, 1.54) is 6.42 Å². The summed E-state index contributed by atoms with van der Waals surface area (Å²) in [6, 6.07) is 5.11. The average molecular weight is 271 g/mol. The molecule has 2 rings (SSSR count). The van der Waals surface area contributed by atoms with Gasteiger partial charge in [-0.1, -0.05) is 43.0 Å². The summed E-state index contributed by atoms with van der Waals surface area (Å²) in [5.41, 5.74) is 0.621. The lowest BCUT2D eigenvalue weighted by molar-refractivity contribution is 0.0868. The van der Waals surface area contributed by atoms with Gasteiger partial charge >= 0.3 is 0 Å². The molecule has 1 aromatic carbocycles. The zero-order chi connectivity index (χ0) is 12.4. The van der Waals surface area contributed by atoms with Crippen molar-refractivity contribution >= 4 is 29.0 Å². The molecule has 0 aliphatic heterocycles. The van der Waals surface area contributed by atoms with E-state index in [1.807, 2.05) is 0 Å². The van der Waals surface area contributed by atoms with Crippen molar-refractivity contribution in [3.63, 3.8) is 0 Å². The van der Waals surface area contributed by atoms with Crippen LogP contribution in [0.15, 0.2) is 18.2 Å². The summed E-state index contributed by atoms with van der Waals surface area (Å²) in [4.78, 5) is 12.3. The molecule has 1 aromatic rings. The van der Waals surface area contributed by atoms with Gasteiger partial charge in [0.15, 0.2) is 5.78 Å². The maximum Gasteiger partial charge on any atom is 0.167 e. The lowest BCUT2D eigenvalue weighted by Crippen LogP contribution is -2.22. The summed E-state index contributed by atoms with van der Waals surface area (Å²) in [6.45, 7) is 2.21. The molecule has 1 saturated carbocycles. The minimum atomic E-state index is 0.137. The van der Waals surface area contributed by atoms with E-state index in [0.29, 0.717) is 21.5 Å². The third-order valence-electron chi connectivity index (χ3n) is 3.50. The van der Waals surface area contributed by atoms with Crippen molar-refractivity contribution in [1.29, 1.82) is 0 Å². The molecule has 0 amide bonds. The molecule has 0 spiro atoms. The second-order valence-corrected chi connectivity index (χ2v) is 5.80. The van der Waals surface area contributed by atoms with Crippen molar-refractivity contribution in [3.8, 4) is 0 Å².